The van der Waals surface area contributed by atoms with Crippen LogP contribution in [0, 0.1) is 0 Å². The van der Waals surface area contributed by atoms with E-state index in [-0.39, 0.29) is 31.1 Å². The maximum atomic E-state index is 12.9. The van der Waals surface area contributed by atoms with Crippen LogP contribution in [0.15, 0.2) is 72.9 Å². The minimum atomic E-state index is -0.778. The number of hydrogen-bond donors (Lipinski definition) is 0. The SMILES string of the molecule is CC/C=C\C/C=C\C/C=C\C/C=C\C/C=C\C/C=C\CCCCCCCCC(=O)OCC(COC(=O)CCCCCCCCCC)OC(=O)CCCCCCCCCCCCCCCCCCCCCCCCCCC. The molecule has 1 atom stereocenters. The molecule has 440 valence electrons. The summed E-state index contributed by atoms with van der Waals surface area (Å²) in [5, 5.41) is 0. The van der Waals surface area contributed by atoms with Gasteiger partial charge in [0.15, 0.2) is 6.10 Å². The Hall–Kier alpha value is -3.15. The van der Waals surface area contributed by atoms with Gasteiger partial charge in [0.1, 0.15) is 13.2 Å². The van der Waals surface area contributed by atoms with Crippen LogP contribution >= 0.6 is 0 Å². The summed E-state index contributed by atoms with van der Waals surface area (Å²) in [6.45, 7) is 6.53. The van der Waals surface area contributed by atoms with Gasteiger partial charge < -0.3 is 14.2 Å². The first kappa shape index (κ1) is 72.8. The number of carbonyl (C=O) groups excluding carboxylic acids is 3. The number of esters is 3. The molecule has 0 rings (SSSR count). The van der Waals surface area contributed by atoms with E-state index in [4.69, 9.17) is 14.2 Å². The lowest BCUT2D eigenvalue weighted by Crippen LogP contribution is -2.30. The quantitative estimate of drug-likeness (QED) is 0.0261. The maximum absolute atomic E-state index is 12.9. The summed E-state index contributed by atoms with van der Waals surface area (Å²) in [5.74, 6) is -0.879. The first-order valence-electron chi connectivity index (χ1n) is 32.9. The fraction of sp³-hybridized carbons (Fsp3) is 0.786. The molecule has 76 heavy (non-hydrogen) atoms. The molecule has 0 spiro atoms. The fourth-order valence-corrected chi connectivity index (χ4v) is 9.57. The molecule has 0 saturated carbocycles. The Morgan fingerprint density at radius 3 is 0.803 bits per heavy atom. The van der Waals surface area contributed by atoms with Gasteiger partial charge in [0.25, 0.3) is 0 Å². The van der Waals surface area contributed by atoms with E-state index in [1.807, 2.05) is 0 Å². The second kappa shape index (κ2) is 64.4. The average Bonchev–Trinajstić information content (AvgIpc) is 3.42. The predicted octanol–water partition coefficient (Wildman–Crippen LogP) is 22.5. The van der Waals surface area contributed by atoms with Crippen LogP contribution in [0.25, 0.3) is 0 Å². The summed E-state index contributed by atoms with van der Waals surface area (Å²) in [7, 11) is 0. The van der Waals surface area contributed by atoms with Gasteiger partial charge in [-0.3, -0.25) is 14.4 Å². The molecule has 0 aromatic rings. The summed E-state index contributed by atoms with van der Waals surface area (Å²) < 4.78 is 16.9. The normalized spacial score (nSPS) is 12.5. The molecule has 0 fully saturated rings. The molecule has 0 bridgehead atoms. The number of rotatable bonds is 60. The summed E-state index contributed by atoms with van der Waals surface area (Å²) >= 11 is 0. The van der Waals surface area contributed by atoms with Crippen molar-refractivity contribution in [1.82, 2.24) is 0 Å². The van der Waals surface area contributed by atoms with Crippen molar-refractivity contribution in [3.05, 3.63) is 72.9 Å². The van der Waals surface area contributed by atoms with Crippen molar-refractivity contribution in [3.63, 3.8) is 0 Å². The van der Waals surface area contributed by atoms with E-state index in [9.17, 15) is 14.4 Å². The zero-order chi connectivity index (χ0) is 55.0. The van der Waals surface area contributed by atoms with Gasteiger partial charge >= 0.3 is 17.9 Å². The lowest BCUT2D eigenvalue weighted by atomic mass is 10.0. The van der Waals surface area contributed by atoms with Crippen LogP contribution in [-0.2, 0) is 28.6 Å². The fourth-order valence-electron chi connectivity index (χ4n) is 9.57. The summed E-state index contributed by atoms with van der Waals surface area (Å²) in [6, 6.07) is 0. The van der Waals surface area contributed by atoms with Crippen LogP contribution in [0.1, 0.15) is 335 Å². The van der Waals surface area contributed by atoms with Gasteiger partial charge in [-0.2, -0.15) is 0 Å². The van der Waals surface area contributed by atoms with Crippen molar-refractivity contribution in [2.45, 2.75) is 341 Å². The van der Waals surface area contributed by atoms with E-state index in [1.54, 1.807) is 0 Å². The van der Waals surface area contributed by atoms with Crippen LogP contribution in [0.4, 0.5) is 0 Å². The summed E-state index contributed by atoms with van der Waals surface area (Å²) in [6.07, 6.45) is 83.6. The molecule has 0 aromatic heterocycles. The molecule has 0 aliphatic carbocycles. The molecule has 6 nitrogen and oxygen atoms in total. The highest BCUT2D eigenvalue weighted by molar-refractivity contribution is 5.71. The first-order chi connectivity index (χ1) is 37.5. The third-order valence-electron chi connectivity index (χ3n) is 14.5. The van der Waals surface area contributed by atoms with Gasteiger partial charge in [0.05, 0.1) is 0 Å². The van der Waals surface area contributed by atoms with Gasteiger partial charge in [-0.05, 0) is 70.6 Å². The highest BCUT2D eigenvalue weighted by Gasteiger charge is 2.19. The monoisotopic (exact) mass is 1060 g/mol. The molecule has 0 aliphatic heterocycles. The van der Waals surface area contributed by atoms with Crippen molar-refractivity contribution in [1.29, 1.82) is 0 Å². The van der Waals surface area contributed by atoms with Gasteiger partial charge in [-0.25, -0.2) is 0 Å². The molecule has 0 N–H and O–H groups in total. The third-order valence-corrected chi connectivity index (χ3v) is 14.5. The van der Waals surface area contributed by atoms with Crippen LogP contribution in [-0.4, -0.2) is 37.2 Å². The number of carbonyl (C=O) groups is 3. The van der Waals surface area contributed by atoms with Crippen molar-refractivity contribution in [2.75, 3.05) is 13.2 Å². The Balaban J connectivity index is 4.17. The molecule has 0 heterocycles. The predicted molar refractivity (Wildman–Crippen MR) is 330 cm³/mol. The number of allylic oxidation sites excluding steroid dienone is 12. The smallest absolute Gasteiger partial charge is 0.306 e. The van der Waals surface area contributed by atoms with Gasteiger partial charge in [0, 0.05) is 19.3 Å². The lowest BCUT2D eigenvalue weighted by molar-refractivity contribution is -0.167. The Kier molecular flexibility index (Phi) is 61.7. The molecular weight excluding hydrogens is 937 g/mol. The standard InChI is InChI=1S/C70H124O6/c1-4-7-10-13-16-19-21-23-25-27-29-31-33-35-37-39-41-43-45-47-49-51-54-57-60-63-69(72)75-66-67(65-74-68(71)62-59-56-53-18-15-12-9-6-3)76-70(73)64-61-58-55-52-50-48-46-44-42-40-38-36-34-32-30-28-26-24-22-20-17-14-11-8-5-2/h7,10,16,19,23,25,29,31,35,37,41,43,67H,4-6,8-9,11-15,17-18,20-22,24,26-28,30,32-34,36,38-40,42,44-66H2,1-3H3/b10-7-,19-16-,25-23-,31-29-,37-35-,43-41-. The second-order valence-electron chi connectivity index (χ2n) is 22.0. The molecule has 1 unspecified atom stereocenters. The zero-order valence-corrected chi connectivity index (χ0v) is 50.5. The minimum Gasteiger partial charge on any atom is -0.462 e. The molecule has 0 aliphatic rings. The van der Waals surface area contributed by atoms with Gasteiger partial charge in [-0.15, -0.1) is 0 Å². The van der Waals surface area contributed by atoms with E-state index in [1.165, 1.54) is 193 Å². The Labute approximate surface area is 472 Å². The van der Waals surface area contributed by atoms with E-state index in [0.717, 1.165) is 103 Å². The summed E-state index contributed by atoms with van der Waals surface area (Å²) in [4.78, 5) is 38.2. The van der Waals surface area contributed by atoms with Crippen LogP contribution in [0.2, 0.25) is 0 Å². The van der Waals surface area contributed by atoms with Crippen molar-refractivity contribution >= 4 is 17.9 Å². The van der Waals surface area contributed by atoms with Crippen LogP contribution in [0.5, 0.6) is 0 Å². The minimum absolute atomic E-state index is 0.0765. The largest absolute Gasteiger partial charge is 0.462 e. The Morgan fingerprint density at radius 1 is 0.276 bits per heavy atom. The number of unbranched alkanes of at least 4 members (excludes halogenated alkanes) is 37. The highest BCUT2D eigenvalue weighted by atomic mass is 16.6. The highest BCUT2D eigenvalue weighted by Crippen LogP contribution is 2.18. The van der Waals surface area contributed by atoms with Crippen molar-refractivity contribution in [2.24, 2.45) is 0 Å². The van der Waals surface area contributed by atoms with E-state index < -0.39 is 6.10 Å². The topological polar surface area (TPSA) is 78.9 Å². The second-order valence-corrected chi connectivity index (χ2v) is 22.0. The van der Waals surface area contributed by atoms with E-state index in [2.05, 4.69) is 93.7 Å². The molecule has 0 radical (unpaired) electrons. The third kappa shape index (κ3) is 61.7. The molecule has 0 saturated heterocycles. The van der Waals surface area contributed by atoms with Crippen molar-refractivity contribution < 1.29 is 28.6 Å². The molecule has 0 amide bonds. The zero-order valence-electron chi connectivity index (χ0n) is 50.5. The van der Waals surface area contributed by atoms with E-state index in [0.29, 0.717) is 19.3 Å². The Morgan fingerprint density at radius 2 is 0.513 bits per heavy atom. The first-order valence-corrected chi connectivity index (χ1v) is 32.9. The molecule has 0 aromatic carbocycles. The van der Waals surface area contributed by atoms with E-state index >= 15 is 0 Å². The van der Waals surface area contributed by atoms with Gasteiger partial charge in [0.2, 0.25) is 0 Å². The number of ether oxygens (including phenoxy) is 3. The Bertz CT molecular complexity index is 1400. The van der Waals surface area contributed by atoms with Crippen LogP contribution in [0.3, 0.4) is 0 Å². The summed E-state index contributed by atoms with van der Waals surface area (Å²) in [5.41, 5.74) is 0. The average molecular weight is 1060 g/mol. The maximum Gasteiger partial charge on any atom is 0.306 e. The lowest BCUT2D eigenvalue weighted by Gasteiger charge is -2.18. The van der Waals surface area contributed by atoms with Gasteiger partial charge in [-0.1, -0.05) is 318 Å². The van der Waals surface area contributed by atoms with Crippen molar-refractivity contribution in [3.8, 4) is 0 Å². The molecule has 6 heteroatoms. The molecular formula is C70H124O6. The number of hydrogen-bond acceptors (Lipinski definition) is 6. The van der Waals surface area contributed by atoms with Crippen LogP contribution < -0.4 is 0 Å².